The van der Waals surface area contributed by atoms with Crippen molar-refractivity contribution in [2.24, 2.45) is 0 Å². The average Bonchev–Trinajstić information content (AvgIpc) is 2.90. The number of hydrogen-bond acceptors (Lipinski definition) is 4. The first-order chi connectivity index (χ1) is 8.68. The van der Waals surface area contributed by atoms with Crippen LogP contribution in [0.2, 0.25) is 0 Å². The van der Waals surface area contributed by atoms with Crippen LogP contribution in [0.4, 0.5) is 5.69 Å². The summed E-state index contributed by atoms with van der Waals surface area (Å²) in [6.07, 6.45) is 0. The highest BCUT2D eigenvalue weighted by atomic mass is 32.1. The molecule has 0 aliphatic rings. The second-order valence-electron chi connectivity index (χ2n) is 4.00. The molecule has 0 saturated heterocycles. The van der Waals surface area contributed by atoms with Gasteiger partial charge in [0.15, 0.2) is 0 Å². The Labute approximate surface area is 109 Å². The van der Waals surface area contributed by atoms with Crippen LogP contribution >= 0.6 is 11.3 Å². The van der Waals surface area contributed by atoms with Crippen molar-refractivity contribution in [1.82, 2.24) is 5.32 Å². The summed E-state index contributed by atoms with van der Waals surface area (Å²) in [5, 5.41) is 16.2. The molecule has 0 aliphatic heterocycles. The Balaban J connectivity index is 2.04. The Bertz CT molecular complexity index is 526. The molecule has 0 bridgehead atoms. The molecular formula is C13H14N2O2S. The summed E-state index contributed by atoms with van der Waals surface area (Å²) < 4.78 is 0. The molecule has 0 aliphatic carbocycles. The van der Waals surface area contributed by atoms with E-state index in [2.05, 4.69) is 18.3 Å². The van der Waals surface area contributed by atoms with Crippen LogP contribution in [0.3, 0.4) is 0 Å². The summed E-state index contributed by atoms with van der Waals surface area (Å²) in [7, 11) is 0. The zero-order valence-corrected chi connectivity index (χ0v) is 10.8. The maximum atomic E-state index is 10.9. The van der Waals surface area contributed by atoms with Crippen molar-refractivity contribution < 1.29 is 4.92 Å². The molecule has 0 radical (unpaired) electrons. The maximum absolute atomic E-state index is 10.9. The van der Waals surface area contributed by atoms with E-state index in [1.807, 2.05) is 17.5 Å². The quantitative estimate of drug-likeness (QED) is 0.662. The topological polar surface area (TPSA) is 55.2 Å². The minimum Gasteiger partial charge on any atom is -0.305 e. The largest absolute Gasteiger partial charge is 0.305 e. The fourth-order valence-corrected chi connectivity index (χ4v) is 2.50. The Morgan fingerprint density at radius 1 is 1.33 bits per heavy atom. The van der Waals surface area contributed by atoms with Gasteiger partial charge in [0.05, 0.1) is 4.92 Å². The van der Waals surface area contributed by atoms with Gasteiger partial charge in [0.1, 0.15) is 0 Å². The van der Waals surface area contributed by atoms with Gasteiger partial charge in [-0.25, -0.2) is 0 Å². The zero-order chi connectivity index (χ0) is 13.0. The molecule has 2 aromatic rings. The average molecular weight is 262 g/mol. The van der Waals surface area contributed by atoms with E-state index in [0.717, 1.165) is 0 Å². The fourth-order valence-electron chi connectivity index (χ4n) is 1.74. The van der Waals surface area contributed by atoms with Gasteiger partial charge in [-0.05, 0) is 18.4 Å². The summed E-state index contributed by atoms with van der Waals surface area (Å²) in [5.41, 5.74) is 0.884. The lowest BCUT2D eigenvalue weighted by Crippen LogP contribution is -2.17. The smallest absolute Gasteiger partial charge is 0.273 e. The summed E-state index contributed by atoms with van der Waals surface area (Å²) in [5.74, 6) is 0. The number of benzene rings is 1. The second kappa shape index (κ2) is 5.75. The summed E-state index contributed by atoms with van der Waals surface area (Å²) in [4.78, 5) is 11.8. The summed E-state index contributed by atoms with van der Waals surface area (Å²) >= 11 is 1.68. The first-order valence-electron chi connectivity index (χ1n) is 5.67. The Kier molecular flexibility index (Phi) is 4.07. The third-order valence-electron chi connectivity index (χ3n) is 2.76. The lowest BCUT2D eigenvalue weighted by Gasteiger charge is -2.12. The highest BCUT2D eigenvalue weighted by molar-refractivity contribution is 7.10. The van der Waals surface area contributed by atoms with Gasteiger partial charge >= 0.3 is 0 Å². The van der Waals surface area contributed by atoms with Crippen LogP contribution in [-0.4, -0.2) is 4.92 Å². The molecule has 94 valence electrons. The van der Waals surface area contributed by atoms with Crippen LogP contribution in [0.5, 0.6) is 0 Å². The molecule has 4 nitrogen and oxygen atoms in total. The summed E-state index contributed by atoms with van der Waals surface area (Å²) in [6, 6.07) is 11.1. The predicted molar refractivity (Wildman–Crippen MR) is 72.7 cm³/mol. The van der Waals surface area contributed by atoms with E-state index in [1.165, 1.54) is 10.9 Å². The van der Waals surface area contributed by atoms with Gasteiger partial charge < -0.3 is 5.32 Å². The van der Waals surface area contributed by atoms with E-state index in [1.54, 1.807) is 23.5 Å². The first-order valence-corrected chi connectivity index (χ1v) is 6.55. The molecule has 1 heterocycles. The Morgan fingerprint density at radius 3 is 2.78 bits per heavy atom. The number of hydrogen-bond donors (Lipinski definition) is 1. The second-order valence-corrected chi connectivity index (χ2v) is 4.98. The van der Waals surface area contributed by atoms with E-state index < -0.39 is 0 Å². The van der Waals surface area contributed by atoms with Crippen molar-refractivity contribution in [1.29, 1.82) is 0 Å². The van der Waals surface area contributed by atoms with E-state index in [4.69, 9.17) is 0 Å². The lowest BCUT2D eigenvalue weighted by atomic mass is 10.1. The van der Waals surface area contributed by atoms with Crippen LogP contribution < -0.4 is 5.32 Å². The molecule has 0 amide bonds. The summed E-state index contributed by atoms with van der Waals surface area (Å²) in [6.45, 7) is 2.55. The third kappa shape index (κ3) is 2.94. The number of rotatable bonds is 5. The molecule has 0 spiro atoms. The van der Waals surface area contributed by atoms with Crippen LogP contribution in [0.1, 0.15) is 23.4 Å². The molecule has 1 aromatic carbocycles. The molecule has 0 fully saturated rings. The van der Waals surface area contributed by atoms with Crippen LogP contribution in [0, 0.1) is 10.1 Å². The van der Waals surface area contributed by atoms with Gasteiger partial charge in [0.25, 0.3) is 5.69 Å². The molecule has 1 N–H and O–H groups in total. The highest BCUT2D eigenvalue weighted by Gasteiger charge is 2.13. The standard InChI is InChI=1S/C13H14N2O2S/c1-10(13-7-4-8-18-13)14-9-11-5-2-3-6-12(11)15(16)17/h2-8,10,14H,9H2,1H3/t10-/m0/s1. The van der Waals surface area contributed by atoms with Crippen LogP contribution in [-0.2, 0) is 6.54 Å². The molecule has 0 saturated carbocycles. The molecule has 1 atom stereocenters. The van der Waals surface area contributed by atoms with Gasteiger partial charge in [-0.15, -0.1) is 11.3 Å². The van der Waals surface area contributed by atoms with E-state index in [0.29, 0.717) is 12.1 Å². The number of nitro groups is 1. The Hall–Kier alpha value is -1.72. The molecule has 0 unspecified atom stereocenters. The predicted octanol–water partition coefficient (Wildman–Crippen LogP) is 3.51. The van der Waals surface area contributed by atoms with Crippen molar-refractivity contribution in [2.75, 3.05) is 0 Å². The molecule has 18 heavy (non-hydrogen) atoms. The fraction of sp³-hybridized carbons (Fsp3) is 0.231. The van der Waals surface area contributed by atoms with E-state index in [-0.39, 0.29) is 16.7 Å². The molecule has 2 rings (SSSR count). The van der Waals surface area contributed by atoms with Crippen LogP contribution in [0.15, 0.2) is 41.8 Å². The van der Waals surface area contributed by atoms with Crippen LogP contribution in [0.25, 0.3) is 0 Å². The first kappa shape index (κ1) is 12.7. The van der Waals surface area contributed by atoms with Crippen molar-refractivity contribution in [3.63, 3.8) is 0 Å². The molecule has 5 heteroatoms. The van der Waals surface area contributed by atoms with Crippen molar-refractivity contribution >= 4 is 17.0 Å². The zero-order valence-electron chi connectivity index (χ0n) is 10.00. The van der Waals surface area contributed by atoms with E-state index in [9.17, 15) is 10.1 Å². The van der Waals surface area contributed by atoms with Gasteiger partial charge in [0.2, 0.25) is 0 Å². The third-order valence-corrected chi connectivity index (χ3v) is 3.81. The minimum atomic E-state index is -0.340. The van der Waals surface area contributed by atoms with Crippen molar-refractivity contribution in [3.8, 4) is 0 Å². The number of para-hydroxylation sites is 1. The van der Waals surface area contributed by atoms with E-state index >= 15 is 0 Å². The van der Waals surface area contributed by atoms with Crippen molar-refractivity contribution in [3.05, 3.63) is 62.3 Å². The maximum Gasteiger partial charge on any atom is 0.273 e. The molecular weight excluding hydrogens is 248 g/mol. The number of nitrogens with zero attached hydrogens (tertiary/aromatic N) is 1. The number of nitrogens with one attached hydrogen (secondary N) is 1. The Morgan fingerprint density at radius 2 is 2.11 bits per heavy atom. The normalized spacial score (nSPS) is 12.3. The minimum absolute atomic E-state index is 0.170. The van der Waals surface area contributed by atoms with Gasteiger partial charge in [-0.3, -0.25) is 10.1 Å². The van der Waals surface area contributed by atoms with Crippen molar-refractivity contribution in [2.45, 2.75) is 19.5 Å². The SMILES string of the molecule is C[C@H](NCc1ccccc1[N+](=O)[O-])c1cccs1. The number of nitro benzene ring substituents is 1. The number of thiophene rings is 1. The van der Waals surface area contributed by atoms with Gasteiger partial charge in [0, 0.05) is 29.1 Å². The highest BCUT2D eigenvalue weighted by Crippen LogP contribution is 2.21. The lowest BCUT2D eigenvalue weighted by molar-refractivity contribution is -0.385. The van der Waals surface area contributed by atoms with Gasteiger partial charge in [-0.2, -0.15) is 0 Å². The molecule has 1 aromatic heterocycles. The monoisotopic (exact) mass is 262 g/mol. The van der Waals surface area contributed by atoms with Gasteiger partial charge in [-0.1, -0.05) is 24.3 Å².